The summed E-state index contributed by atoms with van der Waals surface area (Å²) in [7, 11) is 0. The van der Waals surface area contributed by atoms with Crippen LogP contribution in [0.1, 0.15) is 84.0 Å². The summed E-state index contributed by atoms with van der Waals surface area (Å²) in [6.45, 7) is 2.36. The molecule has 39 heavy (non-hydrogen) atoms. The van der Waals surface area contributed by atoms with Crippen LogP contribution in [0.5, 0.6) is 5.75 Å². The summed E-state index contributed by atoms with van der Waals surface area (Å²) < 4.78 is 77.5. The van der Waals surface area contributed by atoms with Crippen LogP contribution in [-0.4, -0.2) is 6.11 Å². The molecule has 0 aromatic heterocycles. The molecule has 0 aliphatic heterocycles. The Morgan fingerprint density at radius 1 is 0.667 bits per heavy atom. The molecule has 2 aromatic rings. The van der Waals surface area contributed by atoms with Crippen LogP contribution in [0.3, 0.4) is 0 Å². The molecule has 0 N–H and O–H groups in total. The molecule has 2 aromatic carbocycles. The lowest BCUT2D eigenvalue weighted by Gasteiger charge is -2.41. The highest BCUT2D eigenvalue weighted by atomic mass is 35.5. The molecule has 0 saturated heterocycles. The molecule has 1 nitrogen and oxygen atoms in total. The van der Waals surface area contributed by atoms with E-state index in [1.165, 1.54) is 63.5 Å². The fraction of sp³-hybridized carbons (Fsp3) is 0.625. The standard InChI is InChI=1S/C32H38ClF5O/c1-19-2-4-20(5-3-19)21-6-8-22(9-7-21)23-10-12-25(13-11-23)32(37,38)39-26-14-15-27(28(34)18-26)24-16-29(35)31(33)30(36)17-24/h14-23,25H,2-13H2,1H3. The summed E-state index contributed by atoms with van der Waals surface area (Å²) >= 11 is 5.49. The number of alkyl halides is 2. The van der Waals surface area contributed by atoms with Gasteiger partial charge < -0.3 is 4.74 Å². The minimum absolute atomic E-state index is 0.0779. The van der Waals surface area contributed by atoms with Crippen molar-refractivity contribution in [1.29, 1.82) is 0 Å². The lowest BCUT2D eigenvalue weighted by Crippen LogP contribution is -2.38. The van der Waals surface area contributed by atoms with Crippen LogP contribution in [0.2, 0.25) is 5.02 Å². The van der Waals surface area contributed by atoms with Crippen molar-refractivity contribution >= 4 is 11.6 Å². The van der Waals surface area contributed by atoms with Crippen molar-refractivity contribution in [2.75, 3.05) is 0 Å². The third-order valence-electron chi connectivity index (χ3n) is 9.95. The van der Waals surface area contributed by atoms with Crippen molar-refractivity contribution in [2.45, 2.75) is 90.1 Å². The zero-order chi connectivity index (χ0) is 27.7. The minimum atomic E-state index is -3.42. The number of rotatable bonds is 6. The Bertz CT molecular complexity index is 1110. The molecule has 214 valence electrons. The van der Waals surface area contributed by atoms with Gasteiger partial charge >= 0.3 is 6.11 Å². The second kappa shape index (κ2) is 12.0. The quantitative estimate of drug-likeness (QED) is 0.249. The number of benzene rings is 2. The predicted molar refractivity (Wildman–Crippen MR) is 144 cm³/mol. The van der Waals surface area contributed by atoms with E-state index in [0.717, 1.165) is 48.8 Å². The van der Waals surface area contributed by atoms with Crippen LogP contribution in [0.25, 0.3) is 11.1 Å². The molecule has 0 heterocycles. The van der Waals surface area contributed by atoms with Crippen LogP contribution < -0.4 is 4.74 Å². The van der Waals surface area contributed by atoms with Gasteiger partial charge in [-0.15, -0.1) is 0 Å². The van der Waals surface area contributed by atoms with Crippen molar-refractivity contribution < 1.29 is 26.7 Å². The maximum atomic E-state index is 15.1. The fourth-order valence-electron chi connectivity index (χ4n) is 7.52. The largest absolute Gasteiger partial charge is 0.432 e. The Balaban J connectivity index is 1.13. The van der Waals surface area contributed by atoms with Gasteiger partial charge in [-0.25, -0.2) is 13.2 Å². The molecule has 3 saturated carbocycles. The van der Waals surface area contributed by atoms with E-state index in [1.807, 2.05) is 0 Å². The van der Waals surface area contributed by atoms with Gasteiger partial charge in [0.05, 0.1) is 5.92 Å². The average molecular weight is 569 g/mol. The van der Waals surface area contributed by atoms with Gasteiger partial charge in [0.25, 0.3) is 0 Å². The summed E-state index contributed by atoms with van der Waals surface area (Å²) in [6, 6.07) is 5.03. The van der Waals surface area contributed by atoms with Crippen molar-refractivity contribution in [3.63, 3.8) is 0 Å². The SMILES string of the molecule is CC1CCC(C2CCC(C3CCC(C(F)(F)Oc4ccc(-c5cc(F)c(Cl)c(F)c5)c(F)c4)CC3)CC2)CC1. The highest BCUT2D eigenvalue weighted by Crippen LogP contribution is 2.48. The zero-order valence-electron chi connectivity index (χ0n) is 22.5. The first-order valence-electron chi connectivity index (χ1n) is 14.6. The lowest BCUT2D eigenvalue weighted by atomic mass is 9.65. The topological polar surface area (TPSA) is 9.23 Å². The number of hydrogen-bond donors (Lipinski definition) is 0. The van der Waals surface area contributed by atoms with Crippen LogP contribution in [0, 0.1) is 53.0 Å². The van der Waals surface area contributed by atoms with Gasteiger partial charge in [-0.1, -0.05) is 31.4 Å². The molecule has 0 unspecified atom stereocenters. The van der Waals surface area contributed by atoms with Gasteiger partial charge in [-0.05, 0) is 124 Å². The van der Waals surface area contributed by atoms with Crippen molar-refractivity contribution in [3.8, 4) is 16.9 Å². The molecule has 3 fully saturated rings. The van der Waals surface area contributed by atoms with Gasteiger partial charge in [-0.3, -0.25) is 0 Å². The van der Waals surface area contributed by atoms with Crippen LogP contribution in [0.4, 0.5) is 22.0 Å². The molecule has 0 radical (unpaired) electrons. The molecule has 5 rings (SSSR count). The Labute approximate surface area is 233 Å². The molecule has 3 aliphatic carbocycles. The first-order chi connectivity index (χ1) is 18.6. The third kappa shape index (κ3) is 6.57. The van der Waals surface area contributed by atoms with Gasteiger partial charge in [0.1, 0.15) is 28.2 Å². The second-order valence-electron chi connectivity index (χ2n) is 12.4. The van der Waals surface area contributed by atoms with E-state index in [0.29, 0.717) is 24.7 Å². The first-order valence-corrected chi connectivity index (χ1v) is 15.0. The van der Waals surface area contributed by atoms with Gasteiger partial charge in [0.2, 0.25) is 0 Å². The first kappa shape index (κ1) is 28.7. The monoisotopic (exact) mass is 568 g/mol. The molecule has 0 atom stereocenters. The third-order valence-corrected chi connectivity index (χ3v) is 10.3. The molecule has 0 spiro atoms. The Hall–Kier alpha value is -1.82. The minimum Gasteiger partial charge on any atom is -0.432 e. The molecule has 3 aliphatic rings. The molecular formula is C32H38ClF5O. The smallest absolute Gasteiger partial charge is 0.400 e. The highest BCUT2D eigenvalue weighted by Gasteiger charge is 2.45. The van der Waals surface area contributed by atoms with Crippen molar-refractivity contribution in [2.24, 2.45) is 35.5 Å². The maximum absolute atomic E-state index is 15.1. The number of ether oxygens (including phenoxy) is 1. The normalized spacial score (nSPS) is 30.2. The maximum Gasteiger partial charge on any atom is 0.400 e. The molecular weight excluding hydrogens is 531 g/mol. The number of halogens is 6. The summed E-state index contributed by atoms with van der Waals surface area (Å²) in [6.07, 6.45) is 9.44. The second-order valence-corrected chi connectivity index (χ2v) is 12.7. The van der Waals surface area contributed by atoms with E-state index in [2.05, 4.69) is 6.92 Å². The Kier molecular flexibility index (Phi) is 8.80. The van der Waals surface area contributed by atoms with Gasteiger partial charge in [0, 0.05) is 11.6 Å². The summed E-state index contributed by atoms with van der Waals surface area (Å²) in [5.74, 6) is -0.435. The van der Waals surface area contributed by atoms with Crippen LogP contribution >= 0.6 is 11.6 Å². The van der Waals surface area contributed by atoms with Crippen molar-refractivity contribution in [3.05, 3.63) is 52.8 Å². The lowest BCUT2D eigenvalue weighted by molar-refractivity contribution is -0.224. The summed E-state index contributed by atoms with van der Waals surface area (Å²) in [5.41, 5.74) is -0.209. The predicted octanol–water partition coefficient (Wildman–Crippen LogP) is 10.8. The van der Waals surface area contributed by atoms with Gasteiger partial charge in [0.15, 0.2) is 0 Å². The van der Waals surface area contributed by atoms with E-state index in [1.54, 1.807) is 0 Å². The highest BCUT2D eigenvalue weighted by molar-refractivity contribution is 6.31. The molecule has 0 amide bonds. The van der Waals surface area contributed by atoms with Crippen LogP contribution in [-0.2, 0) is 0 Å². The molecule has 0 bridgehead atoms. The van der Waals surface area contributed by atoms with E-state index in [9.17, 15) is 13.2 Å². The van der Waals surface area contributed by atoms with E-state index in [4.69, 9.17) is 16.3 Å². The molecule has 7 heteroatoms. The van der Waals surface area contributed by atoms with E-state index >= 15 is 8.78 Å². The van der Waals surface area contributed by atoms with Crippen LogP contribution in [0.15, 0.2) is 30.3 Å². The summed E-state index contributed by atoms with van der Waals surface area (Å²) in [5, 5.41) is -0.685. The van der Waals surface area contributed by atoms with Gasteiger partial charge in [-0.2, -0.15) is 8.78 Å². The van der Waals surface area contributed by atoms with E-state index < -0.39 is 34.5 Å². The number of hydrogen-bond acceptors (Lipinski definition) is 1. The Morgan fingerprint density at radius 3 is 1.62 bits per heavy atom. The zero-order valence-corrected chi connectivity index (χ0v) is 23.3. The van der Waals surface area contributed by atoms with E-state index in [-0.39, 0.29) is 16.9 Å². The van der Waals surface area contributed by atoms with Crippen molar-refractivity contribution in [1.82, 2.24) is 0 Å². The average Bonchev–Trinajstić information content (AvgIpc) is 2.92. The fourth-order valence-corrected chi connectivity index (χ4v) is 7.63. The Morgan fingerprint density at radius 2 is 1.13 bits per heavy atom. The summed E-state index contributed by atoms with van der Waals surface area (Å²) in [4.78, 5) is 0.